The van der Waals surface area contributed by atoms with Crippen LogP contribution in [-0.4, -0.2) is 28.1 Å². The van der Waals surface area contributed by atoms with Gasteiger partial charge in [-0.3, -0.25) is 4.90 Å². The molecule has 0 aliphatic carbocycles. The Morgan fingerprint density at radius 1 is 1.21 bits per heavy atom. The molecule has 0 saturated carbocycles. The first-order valence-electron chi connectivity index (χ1n) is 7.73. The van der Waals surface area contributed by atoms with Crippen LogP contribution in [0.25, 0.3) is 11.5 Å². The van der Waals surface area contributed by atoms with Crippen molar-refractivity contribution in [2.45, 2.75) is 20.0 Å². The van der Waals surface area contributed by atoms with Gasteiger partial charge in [0.1, 0.15) is 11.6 Å². The van der Waals surface area contributed by atoms with E-state index in [0.717, 1.165) is 23.6 Å². The molecule has 0 radical (unpaired) electrons. The van der Waals surface area contributed by atoms with Crippen LogP contribution in [0.15, 0.2) is 46.2 Å². The SMILES string of the molecule is Cc1oc(-c2ccc(F)cc2)nc1CN(CCO)Cc1cccs1. The molecule has 0 atom stereocenters. The maximum atomic E-state index is 13.0. The van der Waals surface area contributed by atoms with Gasteiger partial charge in [-0.2, -0.15) is 0 Å². The lowest BCUT2D eigenvalue weighted by atomic mass is 10.2. The van der Waals surface area contributed by atoms with E-state index < -0.39 is 0 Å². The molecule has 126 valence electrons. The molecule has 4 nitrogen and oxygen atoms in total. The third-order valence-corrected chi connectivity index (χ3v) is 4.59. The van der Waals surface area contributed by atoms with Crippen molar-refractivity contribution in [1.29, 1.82) is 0 Å². The lowest BCUT2D eigenvalue weighted by molar-refractivity contribution is 0.183. The number of aromatic nitrogens is 1. The summed E-state index contributed by atoms with van der Waals surface area (Å²) < 4.78 is 18.8. The number of benzene rings is 1. The molecule has 0 bridgehead atoms. The normalized spacial score (nSPS) is 11.3. The molecule has 1 aromatic carbocycles. The zero-order valence-corrected chi connectivity index (χ0v) is 14.2. The minimum Gasteiger partial charge on any atom is -0.441 e. The molecule has 1 N–H and O–H groups in total. The van der Waals surface area contributed by atoms with Crippen molar-refractivity contribution in [3.05, 3.63) is 63.9 Å². The maximum absolute atomic E-state index is 13.0. The first-order valence-corrected chi connectivity index (χ1v) is 8.61. The smallest absolute Gasteiger partial charge is 0.226 e. The van der Waals surface area contributed by atoms with Crippen LogP contribution in [0.1, 0.15) is 16.3 Å². The zero-order chi connectivity index (χ0) is 16.9. The summed E-state index contributed by atoms with van der Waals surface area (Å²) in [7, 11) is 0. The molecule has 0 saturated heterocycles. The van der Waals surface area contributed by atoms with Gasteiger partial charge in [-0.15, -0.1) is 11.3 Å². The van der Waals surface area contributed by atoms with Gasteiger partial charge < -0.3 is 9.52 Å². The Balaban J connectivity index is 1.76. The zero-order valence-electron chi connectivity index (χ0n) is 13.4. The van der Waals surface area contributed by atoms with Crippen LogP contribution in [0.3, 0.4) is 0 Å². The summed E-state index contributed by atoms with van der Waals surface area (Å²) in [5.41, 5.74) is 1.58. The second-order valence-electron chi connectivity index (χ2n) is 5.54. The van der Waals surface area contributed by atoms with Crippen molar-refractivity contribution in [2.24, 2.45) is 0 Å². The fourth-order valence-corrected chi connectivity index (χ4v) is 3.23. The number of oxazole rings is 1. The Morgan fingerprint density at radius 3 is 2.67 bits per heavy atom. The largest absolute Gasteiger partial charge is 0.441 e. The summed E-state index contributed by atoms with van der Waals surface area (Å²) in [6.45, 7) is 3.88. The van der Waals surface area contributed by atoms with E-state index in [4.69, 9.17) is 4.42 Å². The predicted octanol–water partition coefficient (Wildman–Crippen LogP) is 3.85. The van der Waals surface area contributed by atoms with E-state index in [1.54, 1.807) is 23.5 Å². The first-order chi connectivity index (χ1) is 11.7. The summed E-state index contributed by atoms with van der Waals surface area (Å²) >= 11 is 1.69. The molecule has 6 heteroatoms. The number of aryl methyl sites for hydroxylation is 1. The molecular weight excluding hydrogens is 327 g/mol. The van der Waals surface area contributed by atoms with Gasteiger partial charge in [-0.1, -0.05) is 6.07 Å². The van der Waals surface area contributed by atoms with Crippen molar-refractivity contribution in [1.82, 2.24) is 9.88 Å². The highest BCUT2D eigenvalue weighted by molar-refractivity contribution is 7.09. The summed E-state index contributed by atoms with van der Waals surface area (Å²) in [4.78, 5) is 7.92. The van der Waals surface area contributed by atoms with E-state index in [9.17, 15) is 9.50 Å². The van der Waals surface area contributed by atoms with E-state index in [1.165, 1.54) is 17.0 Å². The number of halogens is 1. The van der Waals surface area contributed by atoms with E-state index in [2.05, 4.69) is 16.0 Å². The van der Waals surface area contributed by atoms with Gasteiger partial charge in [-0.25, -0.2) is 9.37 Å². The van der Waals surface area contributed by atoms with E-state index in [1.807, 2.05) is 18.4 Å². The molecule has 0 unspecified atom stereocenters. The summed E-state index contributed by atoms with van der Waals surface area (Å²) in [6.07, 6.45) is 0. The number of hydrogen-bond acceptors (Lipinski definition) is 5. The van der Waals surface area contributed by atoms with Gasteiger partial charge in [0.25, 0.3) is 0 Å². The highest BCUT2D eigenvalue weighted by Crippen LogP contribution is 2.23. The van der Waals surface area contributed by atoms with Crippen molar-refractivity contribution >= 4 is 11.3 Å². The summed E-state index contributed by atoms with van der Waals surface area (Å²) in [5, 5.41) is 11.3. The second kappa shape index (κ2) is 7.70. The standard InChI is InChI=1S/C18H19FN2O2S/c1-13-17(12-21(8-9-22)11-16-3-2-10-24-16)20-18(23-13)14-4-6-15(19)7-5-14/h2-7,10,22H,8-9,11-12H2,1H3. The van der Waals surface area contributed by atoms with E-state index >= 15 is 0 Å². The number of aliphatic hydroxyl groups is 1. The molecule has 3 aromatic rings. The Kier molecular flexibility index (Phi) is 5.40. The van der Waals surface area contributed by atoms with Crippen LogP contribution < -0.4 is 0 Å². The Morgan fingerprint density at radius 2 is 2.00 bits per heavy atom. The summed E-state index contributed by atoms with van der Waals surface area (Å²) in [5.74, 6) is 0.943. The van der Waals surface area contributed by atoms with Gasteiger partial charge in [0, 0.05) is 30.1 Å². The van der Waals surface area contributed by atoms with Gasteiger partial charge in [-0.05, 0) is 42.6 Å². The minimum atomic E-state index is -0.285. The molecule has 0 aliphatic rings. The monoisotopic (exact) mass is 346 g/mol. The van der Waals surface area contributed by atoms with Gasteiger partial charge >= 0.3 is 0 Å². The Hall–Kier alpha value is -2.02. The number of aliphatic hydroxyl groups excluding tert-OH is 1. The third-order valence-electron chi connectivity index (χ3n) is 3.73. The van der Waals surface area contributed by atoms with E-state index in [-0.39, 0.29) is 12.4 Å². The number of nitrogens with zero attached hydrogens (tertiary/aromatic N) is 2. The number of rotatable bonds is 7. The summed E-state index contributed by atoms with van der Waals surface area (Å²) in [6, 6.07) is 10.2. The molecule has 3 rings (SSSR count). The van der Waals surface area contributed by atoms with Crippen LogP contribution in [0.4, 0.5) is 4.39 Å². The Labute approximate surface area is 144 Å². The van der Waals surface area contributed by atoms with Crippen molar-refractivity contribution in [3.8, 4) is 11.5 Å². The predicted molar refractivity (Wildman–Crippen MR) is 92.2 cm³/mol. The second-order valence-corrected chi connectivity index (χ2v) is 6.57. The average Bonchev–Trinajstić information content (AvgIpc) is 3.19. The van der Waals surface area contributed by atoms with Crippen LogP contribution >= 0.6 is 11.3 Å². The molecule has 0 aliphatic heterocycles. The molecule has 24 heavy (non-hydrogen) atoms. The molecule has 2 heterocycles. The van der Waals surface area contributed by atoms with Crippen LogP contribution in [0.2, 0.25) is 0 Å². The van der Waals surface area contributed by atoms with Crippen LogP contribution in [0, 0.1) is 12.7 Å². The number of thiophene rings is 1. The minimum absolute atomic E-state index is 0.0904. The van der Waals surface area contributed by atoms with Crippen molar-refractivity contribution in [2.75, 3.05) is 13.2 Å². The fraction of sp³-hybridized carbons (Fsp3) is 0.278. The molecule has 0 amide bonds. The molecule has 2 aromatic heterocycles. The number of hydrogen-bond donors (Lipinski definition) is 1. The lowest BCUT2D eigenvalue weighted by Crippen LogP contribution is -2.26. The quantitative estimate of drug-likeness (QED) is 0.706. The fourth-order valence-electron chi connectivity index (χ4n) is 2.48. The van der Waals surface area contributed by atoms with Gasteiger partial charge in [0.15, 0.2) is 0 Å². The van der Waals surface area contributed by atoms with Crippen molar-refractivity contribution in [3.63, 3.8) is 0 Å². The highest BCUT2D eigenvalue weighted by Gasteiger charge is 2.15. The van der Waals surface area contributed by atoms with Crippen molar-refractivity contribution < 1.29 is 13.9 Å². The third kappa shape index (κ3) is 4.08. The maximum Gasteiger partial charge on any atom is 0.226 e. The Bertz CT molecular complexity index is 769. The van der Waals surface area contributed by atoms with Crippen LogP contribution in [-0.2, 0) is 13.1 Å². The van der Waals surface area contributed by atoms with Gasteiger partial charge in [0.2, 0.25) is 5.89 Å². The van der Waals surface area contributed by atoms with E-state index in [0.29, 0.717) is 19.0 Å². The topological polar surface area (TPSA) is 49.5 Å². The lowest BCUT2D eigenvalue weighted by Gasteiger charge is -2.19. The average molecular weight is 346 g/mol. The molecular formula is C18H19FN2O2S. The first kappa shape index (κ1) is 16.8. The van der Waals surface area contributed by atoms with Crippen LogP contribution in [0.5, 0.6) is 0 Å². The molecule has 0 fully saturated rings. The highest BCUT2D eigenvalue weighted by atomic mass is 32.1. The van der Waals surface area contributed by atoms with Gasteiger partial charge in [0.05, 0.1) is 12.3 Å². The molecule has 0 spiro atoms.